The second kappa shape index (κ2) is 6.22. The van der Waals surface area contributed by atoms with Gasteiger partial charge in [-0.1, -0.05) is 15.9 Å². The van der Waals surface area contributed by atoms with Crippen LogP contribution in [-0.4, -0.2) is 26.1 Å². The van der Waals surface area contributed by atoms with Crippen LogP contribution >= 0.6 is 15.9 Å². The fraction of sp³-hybridized carbons (Fsp3) is 0.125. The summed E-state index contributed by atoms with van der Waals surface area (Å²) in [5.41, 5.74) is 6.21. The van der Waals surface area contributed by atoms with Gasteiger partial charge in [-0.15, -0.1) is 0 Å². The number of fused-ring (bicyclic) bond motifs is 1. The van der Waals surface area contributed by atoms with Crippen LogP contribution in [0.25, 0.3) is 5.70 Å². The SMILES string of the molecule is Cn1cc(C2=C3N=CN(N)C=C3N(Cc3cc(Br)cc(F)c3F)N2)cn1. The van der Waals surface area contributed by atoms with Crippen molar-refractivity contribution in [3.63, 3.8) is 0 Å². The van der Waals surface area contributed by atoms with Crippen LogP contribution < -0.4 is 11.3 Å². The molecule has 3 heterocycles. The fourth-order valence-electron chi connectivity index (χ4n) is 2.84. The molecule has 1 aromatic carbocycles. The van der Waals surface area contributed by atoms with E-state index in [1.807, 2.05) is 13.2 Å². The number of halogens is 3. The first-order chi connectivity index (χ1) is 12.4. The lowest BCUT2D eigenvalue weighted by Crippen LogP contribution is -2.34. The van der Waals surface area contributed by atoms with Crippen molar-refractivity contribution in [3.05, 3.63) is 69.4 Å². The molecule has 0 amide bonds. The molecule has 0 bridgehead atoms. The molecule has 0 fully saturated rings. The molecule has 0 saturated heterocycles. The average molecular weight is 422 g/mol. The summed E-state index contributed by atoms with van der Waals surface area (Å²) in [5, 5.41) is 7.13. The molecular weight excluding hydrogens is 408 g/mol. The smallest absolute Gasteiger partial charge is 0.163 e. The Morgan fingerprint density at radius 2 is 2.12 bits per heavy atom. The van der Waals surface area contributed by atoms with Crippen LogP contribution in [-0.2, 0) is 13.6 Å². The minimum atomic E-state index is -0.912. The molecule has 26 heavy (non-hydrogen) atoms. The van der Waals surface area contributed by atoms with Gasteiger partial charge in [0.15, 0.2) is 11.6 Å². The summed E-state index contributed by atoms with van der Waals surface area (Å²) in [7, 11) is 1.81. The Morgan fingerprint density at radius 3 is 2.85 bits per heavy atom. The highest BCUT2D eigenvalue weighted by Crippen LogP contribution is 2.34. The second-order valence-electron chi connectivity index (χ2n) is 5.89. The van der Waals surface area contributed by atoms with Crippen molar-refractivity contribution in [1.82, 2.24) is 25.2 Å². The summed E-state index contributed by atoms with van der Waals surface area (Å²) in [6, 6.07) is 2.63. The lowest BCUT2D eigenvalue weighted by molar-refractivity contribution is 0.296. The van der Waals surface area contributed by atoms with Gasteiger partial charge >= 0.3 is 0 Å². The van der Waals surface area contributed by atoms with Crippen molar-refractivity contribution in [1.29, 1.82) is 0 Å². The van der Waals surface area contributed by atoms with Gasteiger partial charge in [-0.2, -0.15) is 5.10 Å². The van der Waals surface area contributed by atoms with Crippen molar-refractivity contribution >= 4 is 28.0 Å². The topological polar surface area (TPSA) is 74.7 Å². The van der Waals surface area contributed by atoms with E-state index in [-0.39, 0.29) is 12.1 Å². The minimum Gasteiger partial charge on any atom is -0.295 e. The van der Waals surface area contributed by atoms with Gasteiger partial charge in [-0.25, -0.2) is 19.6 Å². The molecule has 0 spiro atoms. The van der Waals surface area contributed by atoms with Crippen molar-refractivity contribution in [3.8, 4) is 0 Å². The van der Waals surface area contributed by atoms with Gasteiger partial charge in [-0.05, 0) is 12.1 Å². The van der Waals surface area contributed by atoms with Crippen LogP contribution in [0.1, 0.15) is 11.1 Å². The second-order valence-corrected chi connectivity index (χ2v) is 6.81. The molecule has 0 unspecified atom stereocenters. The van der Waals surface area contributed by atoms with Crippen molar-refractivity contribution in [2.24, 2.45) is 17.9 Å². The number of nitrogens with two attached hydrogens (primary N) is 1. The summed E-state index contributed by atoms with van der Waals surface area (Å²) >= 11 is 3.19. The maximum absolute atomic E-state index is 14.2. The predicted molar refractivity (Wildman–Crippen MR) is 95.5 cm³/mol. The maximum atomic E-state index is 14.2. The molecule has 1 aromatic heterocycles. The summed E-state index contributed by atoms with van der Waals surface area (Å²) in [5.74, 6) is 3.98. The Labute approximate surface area is 156 Å². The number of aliphatic imine (C=N–C) groups is 1. The number of aryl methyl sites for hydroxylation is 1. The highest BCUT2D eigenvalue weighted by molar-refractivity contribution is 9.10. The van der Waals surface area contributed by atoms with Gasteiger partial charge in [0, 0.05) is 35.0 Å². The number of nitrogens with zero attached hydrogens (tertiary/aromatic N) is 5. The van der Waals surface area contributed by atoms with Crippen LogP contribution in [0.3, 0.4) is 0 Å². The third-order valence-electron chi connectivity index (χ3n) is 4.00. The number of nitrogens with one attached hydrogen (secondary N) is 1. The molecular formula is C16H14BrF2N7. The molecule has 7 nitrogen and oxygen atoms in total. The van der Waals surface area contributed by atoms with Crippen LogP contribution in [0.5, 0.6) is 0 Å². The van der Waals surface area contributed by atoms with E-state index >= 15 is 0 Å². The summed E-state index contributed by atoms with van der Waals surface area (Å²) < 4.78 is 30.0. The Morgan fingerprint density at radius 1 is 1.31 bits per heavy atom. The fourth-order valence-corrected chi connectivity index (χ4v) is 3.31. The van der Waals surface area contributed by atoms with Crippen LogP contribution in [0, 0.1) is 11.6 Å². The zero-order valence-corrected chi connectivity index (χ0v) is 15.2. The molecule has 0 atom stereocenters. The van der Waals surface area contributed by atoms with Crippen molar-refractivity contribution < 1.29 is 8.78 Å². The molecule has 134 valence electrons. The maximum Gasteiger partial charge on any atom is 0.163 e. The highest BCUT2D eigenvalue weighted by atomic mass is 79.9. The van der Waals surface area contributed by atoms with E-state index in [0.29, 0.717) is 21.6 Å². The summed E-state index contributed by atoms with van der Waals surface area (Å²) in [6.45, 7) is 0.0741. The minimum absolute atomic E-state index is 0.0741. The first-order valence-corrected chi connectivity index (χ1v) is 8.42. The lowest BCUT2D eigenvalue weighted by atomic mass is 10.1. The standard InChI is InChI=1S/C16H14BrF2N7/c1-24-5-10(4-22-24)15-16-13(7-25(20)8-21-16)26(23-15)6-9-2-11(17)3-12(18)14(9)19/h2-5,7-8,23H,6,20H2,1H3. The quantitative estimate of drug-likeness (QED) is 0.586. The normalized spacial score (nSPS) is 16.1. The third-order valence-corrected chi connectivity index (χ3v) is 4.46. The van der Waals surface area contributed by atoms with Gasteiger partial charge in [0.25, 0.3) is 0 Å². The summed E-state index contributed by atoms with van der Waals surface area (Å²) in [4.78, 5) is 4.36. The van der Waals surface area contributed by atoms with E-state index in [0.717, 1.165) is 11.6 Å². The molecule has 2 aliphatic rings. The first kappa shape index (κ1) is 16.7. The third kappa shape index (κ3) is 2.86. The number of rotatable bonds is 3. The van der Waals surface area contributed by atoms with Gasteiger partial charge in [-0.3, -0.25) is 20.1 Å². The molecule has 4 rings (SSSR count). The van der Waals surface area contributed by atoms with Crippen molar-refractivity contribution in [2.45, 2.75) is 6.54 Å². The highest BCUT2D eigenvalue weighted by Gasteiger charge is 2.31. The zero-order chi connectivity index (χ0) is 18.4. The molecule has 10 heteroatoms. The molecule has 2 aliphatic heterocycles. The van der Waals surface area contributed by atoms with Crippen LogP contribution in [0.15, 0.2) is 51.6 Å². The number of hydrogen-bond donors (Lipinski definition) is 2. The summed E-state index contributed by atoms with van der Waals surface area (Å²) in [6.07, 6.45) is 6.66. The van der Waals surface area contributed by atoms with Gasteiger partial charge < -0.3 is 0 Å². The molecule has 0 saturated carbocycles. The zero-order valence-electron chi connectivity index (χ0n) is 13.6. The van der Waals surface area contributed by atoms with Crippen LogP contribution in [0.4, 0.5) is 8.78 Å². The number of aromatic nitrogens is 2. The monoisotopic (exact) mass is 421 g/mol. The van der Waals surface area contributed by atoms with Gasteiger partial charge in [0.1, 0.15) is 17.7 Å². The van der Waals surface area contributed by atoms with E-state index in [9.17, 15) is 8.78 Å². The molecule has 2 aromatic rings. The van der Waals surface area contributed by atoms with E-state index in [4.69, 9.17) is 5.84 Å². The largest absolute Gasteiger partial charge is 0.295 e. The number of benzene rings is 1. The molecule has 3 N–H and O–H groups in total. The Hall–Kier alpha value is -2.72. The first-order valence-electron chi connectivity index (χ1n) is 7.62. The molecule has 0 aliphatic carbocycles. The van der Waals surface area contributed by atoms with E-state index in [1.54, 1.807) is 22.1 Å². The lowest BCUT2D eigenvalue weighted by Gasteiger charge is -2.24. The van der Waals surface area contributed by atoms with Gasteiger partial charge in [0.05, 0.1) is 18.4 Å². The average Bonchev–Trinajstić information content (AvgIpc) is 3.16. The Balaban J connectivity index is 1.71. The Bertz CT molecular complexity index is 979. The predicted octanol–water partition coefficient (Wildman–Crippen LogP) is 2.21. The van der Waals surface area contributed by atoms with Crippen molar-refractivity contribution in [2.75, 3.05) is 0 Å². The van der Waals surface area contributed by atoms with E-state index in [1.165, 1.54) is 17.4 Å². The van der Waals surface area contributed by atoms with Gasteiger partial charge in [0.2, 0.25) is 0 Å². The Kier molecular flexibility index (Phi) is 4.00. The number of hydrogen-bond acceptors (Lipinski definition) is 6. The van der Waals surface area contributed by atoms with Crippen LogP contribution in [0.2, 0.25) is 0 Å². The van der Waals surface area contributed by atoms with E-state index < -0.39 is 11.6 Å². The number of hydrazine groups is 2. The molecule has 0 radical (unpaired) electrons. The van der Waals surface area contributed by atoms with E-state index in [2.05, 4.69) is 31.4 Å².